The van der Waals surface area contributed by atoms with E-state index in [2.05, 4.69) is 20.5 Å². The van der Waals surface area contributed by atoms with Crippen LogP contribution in [0.1, 0.15) is 0 Å². The smallest absolute Gasteiger partial charge is 0.234 e. The molecule has 2 heterocycles. The number of para-hydroxylation sites is 1. The lowest BCUT2D eigenvalue weighted by Gasteiger charge is -2.06. The van der Waals surface area contributed by atoms with E-state index in [9.17, 15) is 9.18 Å². The summed E-state index contributed by atoms with van der Waals surface area (Å²) in [6, 6.07) is 13.4. The Bertz CT molecular complexity index is 828. The number of anilines is 1. The monoisotopic (exact) mass is 340 g/mol. The molecule has 0 radical (unpaired) electrons. The van der Waals surface area contributed by atoms with Gasteiger partial charge in [-0.3, -0.25) is 9.78 Å². The van der Waals surface area contributed by atoms with Crippen molar-refractivity contribution < 1.29 is 9.18 Å². The fraction of sp³-hybridized carbons (Fsp3) is 0.0588. The van der Waals surface area contributed by atoms with Crippen LogP contribution in [0.15, 0.2) is 66.0 Å². The number of hydrogen-bond donors (Lipinski definition) is 1. The largest absolute Gasteiger partial charge is 0.323 e. The van der Waals surface area contributed by atoms with E-state index in [-0.39, 0.29) is 17.3 Å². The first-order valence-corrected chi connectivity index (χ1v) is 8.12. The van der Waals surface area contributed by atoms with Crippen LogP contribution in [0.4, 0.5) is 10.1 Å². The lowest BCUT2D eigenvalue weighted by atomic mass is 10.2. The van der Waals surface area contributed by atoms with Gasteiger partial charge < -0.3 is 5.32 Å². The summed E-state index contributed by atoms with van der Waals surface area (Å²) in [5.41, 5.74) is 1.83. The van der Waals surface area contributed by atoms with Crippen molar-refractivity contribution in [3.8, 4) is 11.3 Å². The Morgan fingerprint density at radius 2 is 1.83 bits per heavy atom. The van der Waals surface area contributed by atoms with Crippen molar-refractivity contribution in [2.24, 2.45) is 0 Å². The Labute approximate surface area is 142 Å². The lowest BCUT2D eigenvalue weighted by molar-refractivity contribution is -0.113. The summed E-state index contributed by atoms with van der Waals surface area (Å²) >= 11 is 1.24. The van der Waals surface area contributed by atoms with Gasteiger partial charge in [-0.15, -0.1) is 10.2 Å². The van der Waals surface area contributed by atoms with Gasteiger partial charge in [-0.2, -0.15) is 0 Å². The van der Waals surface area contributed by atoms with Crippen molar-refractivity contribution in [3.63, 3.8) is 0 Å². The Balaban J connectivity index is 1.57. The molecule has 0 fully saturated rings. The topological polar surface area (TPSA) is 67.8 Å². The molecule has 3 aromatic rings. The molecule has 24 heavy (non-hydrogen) atoms. The summed E-state index contributed by atoms with van der Waals surface area (Å²) in [5, 5.41) is 11.4. The van der Waals surface area contributed by atoms with Crippen LogP contribution in [0.5, 0.6) is 0 Å². The van der Waals surface area contributed by atoms with Gasteiger partial charge in [0.05, 0.1) is 17.1 Å². The number of halogens is 1. The molecule has 1 N–H and O–H groups in total. The van der Waals surface area contributed by atoms with E-state index in [1.54, 1.807) is 30.6 Å². The van der Waals surface area contributed by atoms with Crippen LogP contribution >= 0.6 is 11.8 Å². The molecule has 1 aromatic carbocycles. The maximum Gasteiger partial charge on any atom is 0.234 e. The van der Waals surface area contributed by atoms with Crippen LogP contribution in [-0.2, 0) is 4.79 Å². The van der Waals surface area contributed by atoms with Crippen molar-refractivity contribution in [3.05, 3.63) is 66.7 Å². The molecular formula is C17H13FN4OS. The zero-order valence-corrected chi connectivity index (χ0v) is 13.3. The number of rotatable bonds is 5. The molecule has 1 amide bonds. The second-order valence-corrected chi connectivity index (χ2v) is 5.81. The third-order valence-electron chi connectivity index (χ3n) is 3.12. The second kappa shape index (κ2) is 7.65. The highest BCUT2D eigenvalue weighted by atomic mass is 32.2. The summed E-state index contributed by atoms with van der Waals surface area (Å²) in [4.78, 5) is 15.8. The number of nitrogens with one attached hydrogen (secondary N) is 1. The van der Waals surface area contributed by atoms with Gasteiger partial charge in [-0.05, 0) is 36.4 Å². The number of aromatic nitrogens is 3. The van der Waals surface area contributed by atoms with E-state index >= 15 is 0 Å². The molecule has 0 aliphatic heterocycles. The SMILES string of the molecule is O=C(CSc1ccc(-c2ccncc2)nn1)Nc1ccccc1F. The Kier molecular flexibility index (Phi) is 5.12. The summed E-state index contributed by atoms with van der Waals surface area (Å²) in [6.07, 6.45) is 3.37. The van der Waals surface area contributed by atoms with E-state index in [4.69, 9.17) is 0 Å². The summed E-state index contributed by atoms with van der Waals surface area (Å²) < 4.78 is 13.5. The standard InChI is InChI=1S/C17H13FN4OS/c18-13-3-1-2-4-15(13)20-16(23)11-24-17-6-5-14(21-22-17)12-7-9-19-10-8-12/h1-10H,11H2,(H,20,23). The molecule has 0 aliphatic rings. The van der Waals surface area contributed by atoms with Crippen LogP contribution in [0.25, 0.3) is 11.3 Å². The second-order valence-electron chi connectivity index (χ2n) is 4.81. The van der Waals surface area contributed by atoms with Gasteiger partial charge in [0.1, 0.15) is 10.8 Å². The zero-order valence-electron chi connectivity index (χ0n) is 12.5. The third-order valence-corrected chi connectivity index (χ3v) is 4.04. The fourth-order valence-corrected chi connectivity index (χ4v) is 2.58. The molecule has 3 rings (SSSR count). The first-order chi connectivity index (χ1) is 11.7. The minimum absolute atomic E-state index is 0.123. The molecule has 5 nitrogen and oxygen atoms in total. The van der Waals surface area contributed by atoms with E-state index in [1.807, 2.05) is 18.2 Å². The van der Waals surface area contributed by atoms with Gasteiger partial charge in [0.2, 0.25) is 5.91 Å². The van der Waals surface area contributed by atoms with Crippen molar-refractivity contribution in [2.75, 3.05) is 11.1 Å². The summed E-state index contributed by atoms with van der Waals surface area (Å²) in [7, 11) is 0. The molecule has 2 aromatic heterocycles. The molecule has 120 valence electrons. The maximum absolute atomic E-state index is 13.5. The van der Waals surface area contributed by atoms with Gasteiger partial charge in [-0.25, -0.2) is 4.39 Å². The third kappa shape index (κ3) is 4.14. The van der Waals surface area contributed by atoms with Crippen molar-refractivity contribution >= 4 is 23.4 Å². The fourth-order valence-electron chi connectivity index (χ4n) is 1.96. The van der Waals surface area contributed by atoms with Crippen molar-refractivity contribution in [1.29, 1.82) is 0 Å². The quantitative estimate of drug-likeness (QED) is 0.721. The van der Waals surface area contributed by atoms with Crippen LogP contribution in [0.3, 0.4) is 0 Å². The Hall–Kier alpha value is -2.80. The number of amides is 1. The van der Waals surface area contributed by atoms with E-state index in [0.29, 0.717) is 5.03 Å². The molecule has 0 unspecified atom stereocenters. The molecule has 0 spiro atoms. The number of thioether (sulfide) groups is 1. The predicted octanol–water partition coefficient (Wildman–Crippen LogP) is 3.41. The van der Waals surface area contributed by atoms with Crippen LogP contribution in [-0.4, -0.2) is 26.8 Å². The first kappa shape index (κ1) is 16.1. The Morgan fingerprint density at radius 3 is 2.54 bits per heavy atom. The van der Waals surface area contributed by atoms with E-state index in [1.165, 1.54) is 23.9 Å². The predicted molar refractivity (Wildman–Crippen MR) is 91.0 cm³/mol. The van der Waals surface area contributed by atoms with Crippen LogP contribution in [0.2, 0.25) is 0 Å². The number of benzene rings is 1. The van der Waals surface area contributed by atoms with E-state index in [0.717, 1.165) is 11.3 Å². The van der Waals surface area contributed by atoms with Crippen molar-refractivity contribution in [2.45, 2.75) is 5.03 Å². The molecule has 0 aliphatic carbocycles. The van der Waals surface area contributed by atoms with Gasteiger partial charge in [0, 0.05) is 18.0 Å². The van der Waals surface area contributed by atoms with Gasteiger partial charge in [-0.1, -0.05) is 23.9 Å². The number of pyridine rings is 1. The lowest BCUT2D eigenvalue weighted by Crippen LogP contribution is -2.15. The minimum Gasteiger partial charge on any atom is -0.323 e. The zero-order chi connectivity index (χ0) is 16.8. The average molecular weight is 340 g/mol. The average Bonchev–Trinajstić information content (AvgIpc) is 2.63. The normalized spacial score (nSPS) is 10.4. The number of nitrogens with zero attached hydrogens (tertiary/aromatic N) is 3. The molecular weight excluding hydrogens is 327 g/mol. The maximum atomic E-state index is 13.5. The number of carbonyl (C=O) groups is 1. The Morgan fingerprint density at radius 1 is 1.04 bits per heavy atom. The summed E-state index contributed by atoms with van der Waals surface area (Å²) in [5.74, 6) is -0.639. The van der Waals surface area contributed by atoms with Gasteiger partial charge in [0.15, 0.2) is 0 Å². The van der Waals surface area contributed by atoms with Crippen molar-refractivity contribution in [1.82, 2.24) is 15.2 Å². The number of carbonyl (C=O) groups excluding carboxylic acids is 1. The highest BCUT2D eigenvalue weighted by Crippen LogP contribution is 2.20. The van der Waals surface area contributed by atoms with Gasteiger partial charge >= 0.3 is 0 Å². The molecule has 7 heteroatoms. The minimum atomic E-state index is -0.461. The molecule has 0 bridgehead atoms. The highest BCUT2D eigenvalue weighted by molar-refractivity contribution is 7.99. The van der Waals surface area contributed by atoms with Crippen LogP contribution in [0, 0.1) is 5.82 Å². The van der Waals surface area contributed by atoms with E-state index < -0.39 is 5.82 Å². The van der Waals surface area contributed by atoms with Gasteiger partial charge in [0.25, 0.3) is 0 Å². The molecule has 0 atom stereocenters. The highest BCUT2D eigenvalue weighted by Gasteiger charge is 2.08. The number of hydrogen-bond acceptors (Lipinski definition) is 5. The first-order valence-electron chi connectivity index (χ1n) is 7.14. The summed E-state index contributed by atoms with van der Waals surface area (Å²) in [6.45, 7) is 0. The van der Waals surface area contributed by atoms with Crippen LogP contribution < -0.4 is 5.32 Å². The molecule has 0 saturated carbocycles. The molecule has 0 saturated heterocycles.